The number of aromatic nitrogens is 2. The molecule has 1 saturated heterocycles. The maximum atomic E-state index is 13.1. The molecule has 2 aromatic rings. The molecule has 2 heterocycles. The average molecular weight is 359 g/mol. The number of benzene rings is 1. The van der Waals surface area contributed by atoms with Crippen LogP contribution in [0.1, 0.15) is 37.2 Å². The second-order valence-electron chi connectivity index (χ2n) is 6.68. The first-order chi connectivity index (χ1) is 12.5. The minimum Gasteiger partial charge on any atom is -0.448 e. The normalized spacial score (nSPS) is 16.3. The van der Waals surface area contributed by atoms with E-state index in [0.717, 1.165) is 12.8 Å². The third-order valence-electron chi connectivity index (χ3n) is 4.68. The maximum Gasteiger partial charge on any atom is 0.357 e. The third kappa shape index (κ3) is 3.92. The Balaban J connectivity index is 1.68. The first kappa shape index (κ1) is 18.1. The quantitative estimate of drug-likeness (QED) is 0.788. The Kier molecular flexibility index (Phi) is 5.35. The number of rotatable bonds is 4. The zero-order valence-electron chi connectivity index (χ0n) is 14.9. The Hall–Kier alpha value is -2.70. The number of hydrogen-bond acceptors (Lipinski definition) is 4. The molecule has 6 nitrogen and oxygen atoms in total. The van der Waals surface area contributed by atoms with E-state index in [0.29, 0.717) is 24.7 Å². The summed E-state index contributed by atoms with van der Waals surface area (Å²) in [6.45, 7) is 5.13. The van der Waals surface area contributed by atoms with Crippen LogP contribution in [0.3, 0.4) is 0 Å². The lowest BCUT2D eigenvalue weighted by Crippen LogP contribution is -2.44. The summed E-state index contributed by atoms with van der Waals surface area (Å²) in [5.74, 6) is -0.578. The number of esters is 1. The molecular formula is C19H22FN3O3. The fourth-order valence-corrected chi connectivity index (χ4v) is 3.01. The van der Waals surface area contributed by atoms with Gasteiger partial charge in [0, 0.05) is 18.8 Å². The summed E-state index contributed by atoms with van der Waals surface area (Å²) in [5, 5.41) is 0. The highest BCUT2D eigenvalue weighted by Gasteiger charge is 2.28. The third-order valence-corrected chi connectivity index (χ3v) is 4.68. The molecule has 0 unspecified atom stereocenters. The number of hydrogen-bond donors (Lipinski definition) is 0. The summed E-state index contributed by atoms with van der Waals surface area (Å²) in [7, 11) is 0. The highest BCUT2D eigenvalue weighted by atomic mass is 19.1. The van der Waals surface area contributed by atoms with Crippen molar-refractivity contribution in [2.24, 2.45) is 5.92 Å². The van der Waals surface area contributed by atoms with E-state index in [1.807, 2.05) is 0 Å². The van der Waals surface area contributed by atoms with Gasteiger partial charge in [0.15, 0.2) is 11.8 Å². The van der Waals surface area contributed by atoms with Crippen LogP contribution in [0.4, 0.5) is 4.39 Å². The maximum absolute atomic E-state index is 13.1. The van der Waals surface area contributed by atoms with E-state index in [2.05, 4.69) is 11.9 Å². The van der Waals surface area contributed by atoms with Gasteiger partial charge in [-0.15, -0.1) is 0 Å². The van der Waals surface area contributed by atoms with Crippen LogP contribution in [0.15, 0.2) is 36.8 Å². The first-order valence-corrected chi connectivity index (χ1v) is 8.73. The molecule has 1 fully saturated rings. The van der Waals surface area contributed by atoms with Crippen LogP contribution in [0, 0.1) is 11.7 Å². The van der Waals surface area contributed by atoms with E-state index in [-0.39, 0.29) is 17.4 Å². The molecule has 0 saturated carbocycles. The van der Waals surface area contributed by atoms with Crippen LogP contribution in [-0.2, 0) is 9.53 Å². The second-order valence-corrected chi connectivity index (χ2v) is 6.68. The van der Waals surface area contributed by atoms with E-state index in [1.54, 1.807) is 11.8 Å². The Morgan fingerprint density at radius 1 is 1.23 bits per heavy atom. The van der Waals surface area contributed by atoms with E-state index in [1.165, 1.54) is 41.4 Å². The van der Waals surface area contributed by atoms with E-state index < -0.39 is 12.1 Å². The number of piperidine rings is 1. The monoisotopic (exact) mass is 359 g/mol. The van der Waals surface area contributed by atoms with Crippen molar-refractivity contribution in [3.8, 4) is 5.69 Å². The van der Waals surface area contributed by atoms with Gasteiger partial charge in [0.2, 0.25) is 0 Å². The summed E-state index contributed by atoms with van der Waals surface area (Å²) < 4.78 is 19.9. The van der Waals surface area contributed by atoms with Gasteiger partial charge < -0.3 is 9.64 Å². The Morgan fingerprint density at radius 2 is 1.88 bits per heavy atom. The van der Waals surface area contributed by atoms with Gasteiger partial charge in [-0.25, -0.2) is 14.2 Å². The molecule has 0 radical (unpaired) electrons. The first-order valence-electron chi connectivity index (χ1n) is 8.73. The zero-order valence-corrected chi connectivity index (χ0v) is 14.9. The van der Waals surface area contributed by atoms with Crippen molar-refractivity contribution in [2.45, 2.75) is 32.8 Å². The zero-order chi connectivity index (χ0) is 18.7. The number of likely N-dealkylation sites (tertiary alicyclic amines) is 1. The molecule has 0 bridgehead atoms. The van der Waals surface area contributed by atoms with Gasteiger partial charge in [0.1, 0.15) is 5.82 Å². The lowest BCUT2D eigenvalue weighted by Gasteiger charge is -2.31. The SMILES string of the molecule is CC1CCN(C(=O)[C@@H](C)OC(=O)c2cncn2-c2ccc(F)cc2)CC1. The van der Waals surface area contributed by atoms with Crippen LogP contribution in [-0.4, -0.2) is 45.5 Å². The molecule has 0 aliphatic carbocycles. The Labute approximate surface area is 151 Å². The average Bonchev–Trinajstić information content (AvgIpc) is 3.12. The van der Waals surface area contributed by atoms with Crippen molar-refractivity contribution >= 4 is 11.9 Å². The van der Waals surface area contributed by atoms with Crippen molar-refractivity contribution in [3.05, 3.63) is 48.3 Å². The van der Waals surface area contributed by atoms with Gasteiger partial charge in [-0.2, -0.15) is 0 Å². The van der Waals surface area contributed by atoms with Crippen molar-refractivity contribution in [2.75, 3.05) is 13.1 Å². The number of ether oxygens (including phenoxy) is 1. The minimum absolute atomic E-state index is 0.182. The lowest BCUT2D eigenvalue weighted by atomic mass is 9.99. The molecule has 3 rings (SSSR count). The second kappa shape index (κ2) is 7.68. The van der Waals surface area contributed by atoms with Crippen molar-refractivity contribution in [1.82, 2.24) is 14.5 Å². The fourth-order valence-electron chi connectivity index (χ4n) is 3.01. The molecule has 0 spiro atoms. The molecule has 1 aliphatic rings. The predicted octanol–water partition coefficient (Wildman–Crippen LogP) is 2.82. The molecule has 1 aliphatic heterocycles. The molecule has 7 heteroatoms. The molecule has 138 valence electrons. The standard InChI is InChI=1S/C19H22FN3O3/c1-13-7-9-22(10-8-13)18(24)14(2)26-19(25)17-11-21-12-23(17)16-5-3-15(20)4-6-16/h3-6,11-14H,7-10H2,1-2H3/t14-/m1/s1. The van der Waals surface area contributed by atoms with E-state index in [4.69, 9.17) is 4.74 Å². The van der Waals surface area contributed by atoms with Crippen molar-refractivity contribution in [1.29, 1.82) is 0 Å². The molecule has 1 atom stereocenters. The minimum atomic E-state index is -0.868. The van der Waals surface area contributed by atoms with Crippen LogP contribution in [0.25, 0.3) is 5.69 Å². The number of carbonyl (C=O) groups is 2. The van der Waals surface area contributed by atoms with Gasteiger partial charge in [-0.1, -0.05) is 6.92 Å². The van der Waals surface area contributed by atoms with Gasteiger partial charge in [0.25, 0.3) is 5.91 Å². The summed E-state index contributed by atoms with van der Waals surface area (Å²) in [4.78, 5) is 30.7. The molecule has 1 amide bonds. The smallest absolute Gasteiger partial charge is 0.357 e. The van der Waals surface area contributed by atoms with Crippen molar-refractivity contribution < 1.29 is 18.7 Å². The van der Waals surface area contributed by atoms with Crippen LogP contribution in [0.5, 0.6) is 0 Å². The summed E-state index contributed by atoms with van der Waals surface area (Å²) in [6.07, 6.45) is 3.87. The highest BCUT2D eigenvalue weighted by molar-refractivity contribution is 5.91. The van der Waals surface area contributed by atoms with Gasteiger partial charge in [-0.3, -0.25) is 9.36 Å². The predicted molar refractivity (Wildman–Crippen MR) is 93.4 cm³/mol. The number of imidazole rings is 1. The summed E-state index contributed by atoms with van der Waals surface area (Å²) in [6, 6.07) is 5.68. The molecule has 1 aromatic heterocycles. The van der Waals surface area contributed by atoms with Crippen LogP contribution < -0.4 is 0 Å². The van der Waals surface area contributed by atoms with Gasteiger partial charge in [-0.05, 0) is 49.9 Å². The van der Waals surface area contributed by atoms with E-state index in [9.17, 15) is 14.0 Å². The lowest BCUT2D eigenvalue weighted by molar-refractivity contribution is -0.141. The fraction of sp³-hybridized carbons (Fsp3) is 0.421. The summed E-state index contributed by atoms with van der Waals surface area (Å²) in [5.41, 5.74) is 0.767. The number of amides is 1. The number of carbonyl (C=O) groups excluding carboxylic acids is 2. The van der Waals surface area contributed by atoms with Crippen LogP contribution >= 0.6 is 0 Å². The number of halogens is 1. The molecule has 1 aromatic carbocycles. The Bertz CT molecular complexity index is 780. The highest BCUT2D eigenvalue weighted by Crippen LogP contribution is 2.18. The topological polar surface area (TPSA) is 64.4 Å². The van der Waals surface area contributed by atoms with Crippen molar-refractivity contribution in [3.63, 3.8) is 0 Å². The van der Waals surface area contributed by atoms with E-state index >= 15 is 0 Å². The van der Waals surface area contributed by atoms with Gasteiger partial charge in [0.05, 0.1) is 12.5 Å². The number of nitrogens with zero attached hydrogens (tertiary/aromatic N) is 3. The molecular weight excluding hydrogens is 337 g/mol. The van der Waals surface area contributed by atoms with Crippen LogP contribution in [0.2, 0.25) is 0 Å². The molecule has 0 N–H and O–H groups in total. The molecule has 26 heavy (non-hydrogen) atoms. The largest absolute Gasteiger partial charge is 0.448 e. The summed E-state index contributed by atoms with van der Waals surface area (Å²) >= 11 is 0. The van der Waals surface area contributed by atoms with Gasteiger partial charge >= 0.3 is 5.97 Å². The Morgan fingerprint density at radius 3 is 2.54 bits per heavy atom.